The van der Waals surface area contributed by atoms with Gasteiger partial charge in [0.15, 0.2) is 0 Å². The summed E-state index contributed by atoms with van der Waals surface area (Å²) < 4.78 is 0. The van der Waals surface area contributed by atoms with Gasteiger partial charge in [0.2, 0.25) is 0 Å². The highest BCUT2D eigenvalue weighted by atomic mass is 32.1. The SMILES string of the molecule is C=C(/C=C(\C=C/C)c1ccc2c(c1)C(=C)CC/C=C\N2c1ccc(-c2cccc3ccccc23)cc1)c1ccccc1Nc1ccc2c(c1)C\C=C/C=C\C=C\N2.CC.CS.Nc1ccccc1. The Balaban J connectivity index is 0.000000622. The molecule has 7 aromatic rings. The van der Waals surface area contributed by atoms with Gasteiger partial charge in [-0.05, 0) is 155 Å². The fraction of sp³-hybridized carbons (Fsp3) is 0.111. The lowest BCUT2D eigenvalue weighted by atomic mass is 9.92. The van der Waals surface area contributed by atoms with Crippen LogP contribution in [0.5, 0.6) is 0 Å². The summed E-state index contributed by atoms with van der Waals surface area (Å²) in [5.41, 5.74) is 21.7. The molecule has 342 valence electrons. The number of fused-ring (bicyclic) bond motifs is 3. The number of hydrogen-bond donors (Lipinski definition) is 4. The molecule has 2 aliphatic heterocycles. The normalized spacial score (nSPS) is 14.8. The molecule has 0 bridgehead atoms. The molecule has 9 rings (SSSR count). The molecule has 0 aliphatic carbocycles. The second-order valence-electron chi connectivity index (χ2n) is 15.8. The van der Waals surface area contributed by atoms with E-state index in [1.54, 1.807) is 6.26 Å². The van der Waals surface area contributed by atoms with Gasteiger partial charge in [0.25, 0.3) is 0 Å². The topological polar surface area (TPSA) is 53.3 Å². The Kier molecular flexibility index (Phi) is 18.9. The summed E-state index contributed by atoms with van der Waals surface area (Å²) in [5.74, 6) is 0. The number of anilines is 6. The number of thiol groups is 1. The van der Waals surface area contributed by atoms with Gasteiger partial charge in [0, 0.05) is 52.0 Å². The fourth-order valence-electron chi connectivity index (χ4n) is 8.10. The maximum atomic E-state index is 5.36. The second-order valence-corrected chi connectivity index (χ2v) is 15.8. The molecule has 0 saturated carbocycles. The summed E-state index contributed by atoms with van der Waals surface area (Å²) in [4.78, 5) is 2.29. The summed E-state index contributed by atoms with van der Waals surface area (Å²) in [7, 11) is 0. The lowest BCUT2D eigenvalue weighted by Gasteiger charge is -2.27. The Bertz CT molecular complexity index is 2960. The van der Waals surface area contributed by atoms with Gasteiger partial charge < -0.3 is 21.3 Å². The molecular weight excluding hydrogens is 845 g/mol. The van der Waals surface area contributed by atoms with Crippen LogP contribution in [0, 0.1) is 0 Å². The largest absolute Gasteiger partial charge is 0.399 e. The predicted molar refractivity (Wildman–Crippen MR) is 305 cm³/mol. The third-order valence-electron chi connectivity index (χ3n) is 11.4. The molecule has 0 aromatic heterocycles. The quantitative estimate of drug-likeness (QED) is 0.0697. The Morgan fingerprint density at radius 2 is 1.47 bits per heavy atom. The number of hydrogen-bond acceptors (Lipinski definition) is 5. The average molecular weight is 909 g/mol. The lowest BCUT2D eigenvalue weighted by Crippen LogP contribution is -2.12. The van der Waals surface area contributed by atoms with Gasteiger partial charge in [-0.15, -0.1) is 0 Å². The molecule has 7 aromatic carbocycles. The van der Waals surface area contributed by atoms with Crippen molar-refractivity contribution in [1.82, 2.24) is 0 Å². The molecule has 4 nitrogen and oxygen atoms in total. The summed E-state index contributed by atoms with van der Waals surface area (Å²) in [6, 6.07) is 55.1. The van der Waals surface area contributed by atoms with E-state index in [0.29, 0.717) is 0 Å². The van der Waals surface area contributed by atoms with E-state index in [9.17, 15) is 0 Å². The van der Waals surface area contributed by atoms with Gasteiger partial charge in [-0.1, -0.05) is 167 Å². The Morgan fingerprint density at radius 1 is 0.735 bits per heavy atom. The van der Waals surface area contributed by atoms with Crippen molar-refractivity contribution in [2.45, 2.75) is 40.0 Å². The number of nitrogens with one attached hydrogen (secondary N) is 2. The average Bonchev–Trinajstić information content (AvgIpc) is 3.38. The molecule has 2 heterocycles. The number of benzene rings is 7. The van der Waals surface area contributed by atoms with Gasteiger partial charge in [0.1, 0.15) is 0 Å². The van der Waals surface area contributed by atoms with Crippen LogP contribution in [0.15, 0.2) is 238 Å². The Labute approximate surface area is 411 Å². The fourth-order valence-corrected chi connectivity index (χ4v) is 8.10. The number of para-hydroxylation sites is 2. The predicted octanol–water partition coefficient (Wildman–Crippen LogP) is 17.8. The van der Waals surface area contributed by atoms with E-state index in [0.717, 1.165) is 86.8 Å². The highest BCUT2D eigenvalue weighted by molar-refractivity contribution is 7.79. The van der Waals surface area contributed by atoms with E-state index in [1.165, 1.54) is 27.5 Å². The minimum Gasteiger partial charge on any atom is -0.399 e. The van der Waals surface area contributed by atoms with Crippen molar-refractivity contribution in [2.24, 2.45) is 0 Å². The molecule has 0 unspecified atom stereocenters. The van der Waals surface area contributed by atoms with Crippen LogP contribution in [0.1, 0.15) is 55.9 Å². The van der Waals surface area contributed by atoms with Crippen LogP contribution in [0.2, 0.25) is 0 Å². The summed E-state index contributed by atoms with van der Waals surface area (Å²) in [6.07, 6.45) is 27.6. The van der Waals surface area contributed by atoms with Gasteiger partial charge >= 0.3 is 0 Å². The zero-order valence-corrected chi connectivity index (χ0v) is 40.8. The zero-order chi connectivity index (χ0) is 48.1. The Hall–Kier alpha value is -7.73. The highest BCUT2D eigenvalue weighted by Crippen LogP contribution is 2.40. The molecule has 0 spiro atoms. The van der Waals surface area contributed by atoms with Crippen molar-refractivity contribution in [1.29, 1.82) is 0 Å². The third-order valence-corrected chi connectivity index (χ3v) is 11.4. The minimum absolute atomic E-state index is 0.822. The van der Waals surface area contributed by atoms with Gasteiger partial charge in [-0.25, -0.2) is 0 Å². The van der Waals surface area contributed by atoms with Crippen LogP contribution < -0.4 is 21.3 Å². The lowest BCUT2D eigenvalue weighted by molar-refractivity contribution is 1.04. The van der Waals surface area contributed by atoms with Crippen molar-refractivity contribution < 1.29 is 0 Å². The van der Waals surface area contributed by atoms with Crippen molar-refractivity contribution in [3.63, 3.8) is 0 Å². The second kappa shape index (κ2) is 25.8. The number of nitrogens with two attached hydrogens (primary N) is 1. The molecule has 0 saturated heterocycles. The smallest absolute Gasteiger partial charge is 0.0530 e. The minimum atomic E-state index is 0.822. The van der Waals surface area contributed by atoms with Gasteiger partial charge in [-0.3, -0.25) is 0 Å². The molecular formula is C63H64N4S. The highest BCUT2D eigenvalue weighted by Gasteiger charge is 2.18. The first-order chi connectivity index (χ1) is 33.4. The van der Waals surface area contributed by atoms with E-state index < -0.39 is 0 Å². The molecule has 0 fully saturated rings. The monoisotopic (exact) mass is 908 g/mol. The molecule has 5 heteroatoms. The van der Waals surface area contributed by atoms with Crippen LogP contribution in [0.4, 0.5) is 34.1 Å². The molecule has 2 aliphatic rings. The van der Waals surface area contributed by atoms with Crippen LogP contribution >= 0.6 is 12.6 Å². The van der Waals surface area contributed by atoms with E-state index in [-0.39, 0.29) is 0 Å². The maximum absolute atomic E-state index is 5.36. The van der Waals surface area contributed by atoms with Crippen LogP contribution in [0.3, 0.4) is 0 Å². The van der Waals surface area contributed by atoms with Crippen molar-refractivity contribution in [3.8, 4) is 11.1 Å². The summed E-state index contributed by atoms with van der Waals surface area (Å²) in [5, 5.41) is 9.63. The standard InChI is InChI=1S/C54H47N3.C6H7N.C2H6.CH4S/c1-4-17-43(36-40(3)48-22-11-12-25-53(48)56-46-29-32-52-45(37-46)20-8-6-5-7-14-34-55-52)44-28-33-54-51(38-44)39(2)18-13-15-35-57(54)47-30-26-42(27-31-47)50-24-16-21-41-19-9-10-23-49(41)50;7-6-4-2-1-3-5-6;2*1-2/h4-12,14-17,19,21-38,55-56H,2-3,13,18,20H2,1H3;1-5H,7H2;1-2H3;2H,1H3/b7-5-,8-6-,17-4-,34-14+,35-15-,43-36+;;;. The van der Waals surface area contributed by atoms with Crippen LogP contribution in [-0.2, 0) is 6.42 Å². The number of nitrogens with zero attached hydrogens (tertiary/aromatic N) is 1. The third kappa shape index (κ3) is 13.0. The molecule has 0 atom stereocenters. The first-order valence-corrected chi connectivity index (χ1v) is 24.2. The van der Waals surface area contributed by atoms with Crippen molar-refractivity contribution >= 4 is 74.2 Å². The van der Waals surface area contributed by atoms with Crippen LogP contribution in [-0.4, -0.2) is 6.26 Å². The van der Waals surface area contributed by atoms with Crippen molar-refractivity contribution in [3.05, 3.63) is 260 Å². The number of nitrogen functional groups attached to an aromatic ring is 1. The molecule has 68 heavy (non-hydrogen) atoms. The maximum Gasteiger partial charge on any atom is 0.0530 e. The van der Waals surface area contributed by atoms with Gasteiger partial charge in [0.05, 0.1) is 5.69 Å². The number of rotatable bonds is 8. The summed E-state index contributed by atoms with van der Waals surface area (Å²) >= 11 is 3.53. The van der Waals surface area contributed by atoms with Crippen LogP contribution in [0.25, 0.3) is 38.6 Å². The number of allylic oxidation sites excluding steroid dienone is 12. The van der Waals surface area contributed by atoms with Gasteiger partial charge in [-0.2, -0.15) is 12.6 Å². The van der Waals surface area contributed by atoms with E-state index in [1.807, 2.05) is 68.6 Å². The van der Waals surface area contributed by atoms with E-state index in [2.05, 4.69) is 218 Å². The molecule has 0 radical (unpaired) electrons. The Morgan fingerprint density at radius 3 is 2.25 bits per heavy atom. The zero-order valence-electron chi connectivity index (χ0n) is 39.9. The molecule has 0 amide bonds. The summed E-state index contributed by atoms with van der Waals surface area (Å²) in [6.45, 7) is 15.2. The first-order valence-electron chi connectivity index (χ1n) is 23.3. The van der Waals surface area contributed by atoms with E-state index >= 15 is 0 Å². The van der Waals surface area contributed by atoms with E-state index in [4.69, 9.17) is 5.73 Å². The first kappa shape index (κ1) is 49.7. The molecule has 4 N–H and O–H groups in total. The van der Waals surface area contributed by atoms with Crippen molar-refractivity contribution in [2.75, 3.05) is 27.5 Å².